The third-order valence-electron chi connectivity index (χ3n) is 4.81. The fourth-order valence-electron chi connectivity index (χ4n) is 3.38. The van der Waals surface area contributed by atoms with Crippen LogP contribution in [-0.2, 0) is 13.0 Å². The van der Waals surface area contributed by atoms with Gasteiger partial charge in [0.15, 0.2) is 5.82 Å². The third kappa shape index (κ3) is 3.61. The van der Waals surface area contributed by atoms with Gasteiger partial charge >= 0.3 is 0 Å². The van der Waals surface area contributed by atoms with Crippen molar-refractivity contribution < 1.29 is 4.74 Å². The van der Waals surface area contributed by atoms with E-state index in [0.717, 1.165) is 43.1 Å². The first-order valence-electron chi connectivity index (χ1n) is 8.98. The molecular formula is C19H22Cl2N4O. The van der Waals surface area contributed by atoms with Gasteiger partial charge in [0.1, 0.15) is 18.2 Å². The second kappa shape index (κ2) is 7.22. The van der Waals surface area contributed by atoms with Crippen molar-refractivity contribution in [2.75, 3.05) is 13.2 Å². The number of hydrogen-bond donors (Lipinski definition) is 1. The number of halogens is 2. The van der Waals surface area contributed by atoms with Crippen LogP contribution in [0, 0.1) is 0 Å². The fraction of sp³-hybridized carbons (Fsp3) is 0.474. The Morgan fingerprint density at radius 3 is 3.00 bits per heavy atom. The van der Waals surface area contributed by atoms with Crippen molar-refractivity contribution in [2.24, 2.45) is 0 Å². The monoisotopic (exact) mass is 392 g/mol. The van der Waals surface area contributed by atoms with Crippen molar-refractivity contribution >= 4 is 29.3 Å². The maximum atomic E-state index is 6.20. The average Bonchev–Trinajstić information content (AvgIpc) is 3.03. The van der Waals surface area contributed by atoms with E-state index in [0.29, 0.717) is 34.4 Å². The van der Waals surface area contributed by atoms with Gasteiger partial charge in [-0.15, -0.1) is 0 Å². The number of hydrogen-bond acceptors (Lipinski definition) is 4. The quantitative estimate of drug-likeness (QED) is 0.850. The predicted octanol–water partition coefficient (Wildman–Crippen LogP) is 4.09. The van der Waals surface area contributed by atoms with Crippen LogP contribution in [0.4, 0.5) is 0 Å². The van der Waals surface area contributed by atoms with Crippen LogP contribution in [0.3, 0.4) is 0 Å². The number of nitrogens with zero attached hydrogens (tertiary/aromatic N) is 3. The normalized spacial score (nSPS) is 19.0. The molecule has 0 fully saturated rings. The maximum absolute atomic E-state index is 6.20. The average molecular weight is 393 g/mol. The summed E-state index contributed by atoms with van der Waals surface area (Å²) in [6.45, 7) is 6.43. The van der Waals surface area contributed by atoms with Gasteiger partial charge < -0.3 is 10.1 Å². The standard InChI is InChI=1S/C19H22Cl2N4O/c1-11(2)19-23-17-4-3-15(9-25(17)24-19)22-8-12-5-13-6-14(20)7-16(21)18(13)26-10-12/h5-7,11,15,22H,3-4,8-10H2,1-2H3. The Balaban J connectivity index is 1.41. The van der Waals surface area contributed by atoms with E-state index >= 15 is 0 Å². The number of fused-ring (bicyclic) bond motifs is 2. The molecular weight excluding hydrogens is 371 g/mol. The number of aromatic nitrogens is 3. The first-order valence-corrected chi connectivity index (χ1v) is 9.73. The van der Waals surface area contributed by atoms with Crippen LogP contribution < -0.4 is 10.1 Å². The molecule has 0 radical (unpaired) electrons. The zero-order chi connectivity index (χ0) is 18.3. The summed E-state index contributed by atoms with van der Waals surface area (Å²) in [6.07, 6.45) is 4.14. The summed E-state index contributed by atoms with van der Waals surface area (Å²) in [4.78, 5) is 4.64. The minimum absolute atomic E-state index is 0.364. The lowest BCUT2D eigenvalue weighted by Gasteiger charge is -2.25. The van der Waals surface area contributed by atoms with Gasteiger partial charge in [0.2, 0.25) is 0 Å². The third-order valence-corrected chi connectivity index (χ3v) is 5.31. The van der Waals surface area contributed by atoms with Crippen molar-refractivity contribution in [3.05, 3.63) is 45.0 Å². The number of ether oxygens (including phenoxy) is 1. The first-order chi connectivity index (χ1) is 12.5. The molecule has 1 atom stereocenters. The fourth-order valence-corrected chi connectivity index (χ4v) is 3.95. The van der Waals surface area contributed by atoms with Crippen molar-refractivity contribution in [1.82, 2.24) is 20.1 Å². The summed E-state index contributed by atoms with van der Waals surface area (Å²) >= 11 is 12.3. The predicted molar refractivity (Wildman–Crippen MR) is 104 cm³/mol. The smallest absolute Gasteiger partial charge is 0.153 e. The molecule has 1 N–H and O–H groups in total. The molecule has 3 heterocycles. The Bertz CT molecular complexity index is 859. The van der Waals surface area contributed by atoms with Crippen LogP contribution >= 0.6 is 23.2 Å². The molecule has 1 aromatic heterocycles. The lowest BCUT2D eigenvalue weighted by atomic mass is 10.1. The molecule has 2 aliphatic rings. The van der Waals surface area contributed by atoms with Crippen molar-refractivity contribution in [3.8, 4) is 5.75 Å². The second-order valence-corrected chi connectivity index (χ2v) is 8.08. The van der Waals surface area contributed by atoms with E-state index in [2.05, 4.69) is 40.0 Å². The van der Waals surface area contributed by atoms with E-state index in [1.807, 2.05) is 6.07 Å². The molecule has 4 rings (SSSR count). The molecule has 0 saturated carbocycles. The Morgan fingerprint density at radius 2 is 2.19 bits per heavy atom. The Morgan fingerprint density at radius 1 is 1.35 bits per heavy atom. The van der Waals surface area contributed by atoms with Crippen molar-refractivity contribution in [2.45, 2.75) is 45.2 Å². The van der Waals surface area contributed by atoms with Crippen molar-refractivity contribution in [3.63, 3.8) is 0 Å². The summed E-state index contributed by atoms with van der Waals surface area (Å²) in [5, 5.41) is 9.45. The Hall–Kier alpha value is -1.56. The van der Waals surface area contributed by atoms with Gasteiger partial charge in [-0.2, -0.15) is 5.10 Å². The SMILES string of the molecule is CC(C)c1nc2n(n1)CC(NCC1=Cc3cc(Cl)cc(Cl)c3OC1)CC2. The number of aryl methyl sites for hydroxylation is 1. The van der Waals surface area contributed by atoms with E-state index in [4.69, 9.17) is 27.9 Å². The Labute approximate surface area is 163 Å². The highest BCUT2D eigenvalue weighted by atomic mass is 35.5. The van der Waals surface area contributed by atoms with Crippen LogP contribution in [0.1, 0.15) is 43.4 Å². The molecule has 138 valence electrons. The Kier molecular flexibility index (Phi) is 4.95. The van der Waals surface area contributed by atoms with Crippen LogP contribution in [-0.4, -0.2) is 34.0 Å². The van der Waals surface area contributed by atoms with E-state index in [1.54, 1.807) is 6.07 Å². The largest absolute Gasteiger partial charge is 0.487 e. The topological polar surface area (TPSA) is 52.0 Å². The molecule has 0 saturated heterocycles. The van der Waals surface area contributed by atoms with E-state index in [-0.39, 0.29) is 0 Å². The van der Waals surface area contributed by atoms with Crippen LogP contribution in [0.25, 0.3) is 6.08 Å². The summed E-state index contributed by atoms with van der Waals surface area (Å²) in [5.41, 5.74) is 2.12. The maximum Gasteiger partial charge on any atom is 0.153 e. The molecule has 1 aromatic carbocycles. The van der Waals surface area contributed by atoms with Crippen molar-refractivity contribution in [1.29, 1.82) is 0 Å². The van der Waals surface area contributed by atoms with Gasteiger partial charge in [-0.05, 0) is 30.2 Å². The number of benzene rings is 1. The van der Waals surface area contributed by atoms with Gasteiger partial charge in [-0.25, -0.2) is 9.67 Å². The molecule has 0 bridgehead atoms. The lowest BCUT2D eigenvalue weighted by Crippen LogP contribution is -2.39. The molecule has 7 heteroatoms. The summed E-state index contributed by atoms with van der Waals surface area (Å²) < 4.78 is 7.87. The molecule has 2 aliphatic heterocycles. The van der Waals surface area contributed by atoms with Gasteiger partial charge in [-0.3, -0.25) is 0 Å². The highest BCUT2D eigenvalue weighted by Crippen LogP contribution is 2.36. The number of nitrogens with one attached hydrogen (secondary N) is 1. The lowest BCUT2D eigenvalue weighted by molar-refractivity contribution is 0.330. The van der Waals surface area contributed by atoms with E-state index in [9.17, 15) is 0 Å². The first kappa shape index (κ1) is 17.8. The second-order valence-electron chi connectivity index (χ2n) is 7.24. The summed E-state index contributed by atoms with van der Waals surface area (Å²) in [6, 6.07) is 3.98. The number of rotatable bonds is 4. The van der Waals surface area contributed by atoms with Crippen LogP contribution in [0.5, 0.6) is 5.75 Å². The van der Waals surface area contributed by atoms with Gasteiger partial charge in [0, 0.05) is 35.5 Å². The summed E-state index contributed by atoms with van der Waals surface area (Å²) in [5.74, 6) is 3.12. The van der Waals surface area contributed by atoms with Gasteiger partial charge in [-0.1, -0.05) is 37.0 Å². The molecule has 2 aromatic rings. The molecule has 0 aliphatic carbocycles. The van der Waals surface area contributed by atoms with E-state index in [1.165, 1.54) is 5.57 Å². The highest BCUT2D eigenvalue weighted by molar-refractivity contribution is 6.36. The molecule has 5 nitrogen and oxygen atoms in total. The molecule has 1 unspecified atom stereocenters. The summed E-state index contributed by atoms with van der Waals surface area (Å²) in [7, 11) is 0. The zero-order valence-corrected chi connectivity index (χ0v) is 16.4. The minimum Gasteiger partial charge on any atom is -0.487 e. The van der Waals surface area contributed by atoms with E-state index < -0.39 is 0 Å². The minimum atomic E-state index is 0.364. The van der Waals surface area contributed by atoms with Crippen LogP contribution in [0.2, 0.25) is 10.0 Å². The van der Waals surface area contributed by atoms with Crippen LogP contribution in [0.15, 0.2) is 17.7 Å². The molecule has 26 heavy (non-hydrogen) atoms. The highest BCUT2D eigenvalue weighted by Gasteiger charge is 2.23. The van der Waals surface area contributed by atoms with Gasteiger partial charge in [0.25, 0.3) is 0 Å². The molecule has 0 amide bonds. The molecule has 0 spiro atoms. The zero-order valence-electron chi connectivity index (χ0n) is 14.9. The van der Waals surface area contributed by atoms with Gasteiger partial charge in [0.05, 0.1) is 11.6 Å².